The van der Waals surface area contributed by atoms with E-state index in [0.717, 1.165) is 12.5 Å². The zero-order chi connectivity index (χ0) is 27.7. The van der Waals surface area contributed by atoms with Crippen molar-refractivity contribution in [2.75, 3.05) is 46.2 Å². The number of nitrogens with one attached hydrogen (secondary N) is 1. The predicted molar refractivity (Wildman–Crippen MR) is 151 cm³/mol. The second kappa shape index (κ2) is 18.3. The van der Waals surface area contributed by atoms with E-state index < -0.39 is 37.3 Å². The molecule has 0 aromatic carbocycles. The van der Waals surface area contributed by atoms with Crippen molar-refractivity contribution in [3.63, 3.8) is 0 Å². The molecule has 0 fully saturated rings. The minimum Gasteiger partial charge on any atom is -0.460 e. The molecule has 0 saturated heterocycles. The average molecular weight is 566 g/mol. The molecule has 9 nitrogen and oxygen atoms in total. The molecule has 212 valence electrons. The van der Waals surface area contributed by atoms with Crippen molar-refractivity contribution in [1.82, 2.24) is 5.32 Å². The molecule has 0 aromatic heterocycles. The molecule has 0 aliphatic rings. The first-order chi connectivity index (χ1) is 16.7. The second-order valence-electron chi connectivity index (χ2n) is 10.5. The number of unbranched alkanes of at least 4 members (excludes halogenated alkanes) is 1. The zero-order valence-electron chi connectivity index (χ0n) is 24.0. The van der Waals surface area contributed by atoms with E-state index in [0.29, 0.717) is 25.4 Å². The van der Waals surface area contributed by atoms with Crippen LogP contribution in [0.1, 0.15) is 33.1 Å². The fourth-order valence-electron chi connectivity index (χ4n) is 3.64. The van der Waals surface area contributed by atoms with Gasteiger partial charge in [0.25, 0.3) is 0 Å². The van der Waals surface area contributed by atoms with Crippen molar-refractivity contribution in [1.29, 1.82) is 0 Å². The molecule has 1 N–H and O–H groups in total. The van der Waals surface area contributed by atoms with Crippen LogP contribution < -0.4 is 5.32 Å². The molecule has 12 heteroatoms. The molecule has 0 saturated carbocycles. The fourth-order valence-corrected chi connectivity index (χ4v) is 17.8. The van der Waals surface area contributed by atoms with Crippen LogP contribution >= 0.6 is 0 Å². The highest BCUT2D eigenvalue weighted by molar-refractivity contribution is 6.87. The lowest BCUT2D eigenvalue weighted by Gasteiger charge is -2.38. The molecule has 0 spiro atoms. The molecule has 0 rings (SSSR count). The molecule has 0 unspecified atom stereocenters. The topological polar surface area (TPSA) is 102 Å². The van der Waals surface area contributed by atoms with E-state index >= 15 is 0 Å². The summed E-state index contributed by atoms with van der Waals surface area (Å²) in [7, 11) is -5.64. The Morgan fingerprint density at radius 3 is 1.83 bits per heavy atom. The number of amides is 1. The minimum atomic E-state index is -2.15. The van der Waals surface area contributed by atoms with Crippen LogP contribution in [-0.4, -0.2) is 83.4 Å². The summed E-state index contributed by atoms with van der Waals surface area (Å²) in [4.78, 5) is 22.7. The maximum atomic E-state index is 11.5. The quantitative estimate of drug-likeness (QED) is 0.0877. The summed E-state index contributed by atoms with van der Waals surface area (Å²) in [5.74, 6) is -0.487. The summed E-state index contributed by atoms with van der Waals surface area (Å²) in [5.41, 5.74) is 0.313. The second-order valence-corrected chi connectivity index (χ2v) is 23.0. The van der Waals surface area contributed by atoms with E-state index in [9.17, 15) is 9.59 Å². The van der Waals surface area contributed by atoms with Gasteiger partial charge in [-0.05, 0) is 64.7 Å². The summed E-state index contributed by atoms with van der Waals surface area (Å²) in [6.07, 6.45) is 2.80. The maximum absolute atomic E-state index is 11.5. The van der Waals surface area contributed by atoms with Gasteiger partial charge in [0.05, 0.1) is 26.4 Å². The van der Waals surface area contributed by atoms with Gasteiger partial charge in [-0.25, -0.2) is 9.59 Å². The molecule has 0 radical (unpaired) electrons. The van der Waals surface area contributed by atoms with Gasteiger partial charge in [0.15, 0.2) is 16.6 Å². The van der Waals surface area contributed by atoms with Crippen molar-refractivity contribution >= 4 is 37.3 Å². The largest absolute Gasteiger partial charge is 0.460 e. The Morgan fingerprint density at radius 1 is 0.750 bits per heavy atom. The van der Waals surface area contributed by atoms with Crippen LogP contribution in [0.5, 0.6) is 0 Å². The van der Waals surface area contributed by atoms with Crippen LogP contribution in [0.15, 0.2) is 12.2 Å². The van der Waals surface area contributed by atoms with Gasteiger partial charge in [0.1, 0.15) is 13.2 Å². The summed E-state index contributed by atoms with van der Waals surface area (Å²) in [6, 6.07) is 2.22. The normalized spacial score (nSPS) is 12.3. The van der Waals surface area contributed by atoms with E-state index in [2.05, 4.69) is 58.1 Å². The molecule has 0 bridgehead atoms. The SMILES string of the molecule is C=C(C)C(=O)OCCNC(=O)OCCOCCOCCC[Si](C)(C)O[Si](C)(C)O[Si](C)(C)CCCC. The van der Waals surface area contributed by atoms with Gasteiger partial charge < -0.3 is 32.5 Å². The Hall–Kier alpha value is -1.03. The maximum Gasteiger partial charge on any atom is 0.407 e. The number of rotatable bonds is 21. The molecule has 0 aromatic rings. The van der Waals surface area contributed by atoms with Gasteiger partial charge >= 0.3 is 20.6 Å². The average Bonchev–Trinajstić information content (AvgIpc) is 2.74. The molecule has 0 aliphatic carbocycles. The van der Waals surface area contributed by atoms with E-state index in [4.69, 9.17) is 27.2 Å². The Kier molecular flexibility index (Phi) is 17.7. The van der Waals surface area contributed by atoms with Crippen LogP contribution in [0.2, 0.25) is 51.4 Å². The number of carbonyl (C=O) groups excluding carboxylic acids is 2. The standard InChI is InChI=1S/C24H51NO8Si3/c1-10-11-20-34(4,5)32-36(8,9)33-35(6,7)21-12-14-28-16-17-29-18-19-31-24(27)25-13-15-30-23(26)22(2)3/h2,10-21H2,1,3-9H3,(H,25,27). The molecule has 1 amide bonds. The van der Waals surface area contributed by atoms with Crippen molar-refractivity contribution in [3.05, 3.63) is 12.2 Å². The van der Waals surface area contributed by atoms with E-state index in [-0.39, 0.29) is 26.4 Å². The van der Waals surface area contributed by atoms with Gasteiger partial charge in [-0.2, -0.15) is 0 Å². The van der Waals surface area contributed by atoms with Crippen LogP contribution in [0.4, 0.5) is 4.79 Å². The number of carbonyl (C=O) groups is 2. The van der Waals surface area contributed by atoms with Gasteiger partial charge in [0.2, 0.25) is 0 Å². The van der Waals surface area contributed by atoms with Gasteiger partial charge in [-0.1, -0.05) is 26.3 Å². The lowest BCUT2D eigenvalue weighted by Crippen LogP contribution is -2.52. The molecular weight excluding hydrogens is 515 g/mol. The highest BCUT2D eigenvalue weighted by Gasteiger charge is 2.39. The number of ether oxygens (including phenoxy) is 4. The van der Waals surface area contributed by atoms with Crippen molar-refractivity contribution in [3.8, 4) is 0 Å². The van der Waals surface area contributed by atoms with E-state index in [1.165, 1.54) is 18.9 Å². The third-order valence-electron chi connectivity index (χ3n) is 5.03. The number of hydrogen-bond acceptors (Lipinski definition) is 8. The third kappa shape index (κ3) is 20.1. The Bertz CT molecular complexity index is 659. The van der Waals surface area contributed by atoms with E-state index in [1.807, 2.05) is 0 Å². The number of alkyl carbamates (subject to hydrolysis) is 1. The van der Waals surface area contributed by atoms with Crippen LogP contribution in [0, 0.1) is 0 Å². The van der Waals surface area contributed by atoms with Gasteiger partial charge in [-0.15, -0.1) is 0 Å². The molecular formula is C24H51NO8Si3. The van der Waals surface area contributed by atoms with Crippen LogP contribution in [0.25, 0.3) is 0 Å². The summed E-state index contributed by atoms with van der Waals surface area (Å²) >= 11 is 0. The highest BCUT2D eigenvalue weighted by atomic mass is 28.5. The Balaban J connectivity index is 3.81. The molecule has 36 heavy (non-hydrogen) atoms. The monoisotopic (exact) mass is 565 g/mol. The van der Waals surface area contributed by atoms with Gasteiger partial charge in [0, 0.05) is 12.2 Å². The Morgan fingerprint density at radius 2 is 1.28 bits per heavy atom. The van der Waals surface area contributed by atoms with E-state index in [1.54, 1.807) is 6.92 Å². The first-order valence-corrected chi connectivity index (χ1v) is 22.0. The molecule has 0 aliphatic heterocycles. The first kappa shape index (κ1) is 35.0. The summed E-state index contributed by atoms with van der Waals surface area (Å²) in [6.45, 7) is 23.0. The van der Waals surface area contributed by atoms with Crippen LogP contribution in [-0.2, 0) is 32.0 Å². The third-order valence-corrected chi connectivity index (χ3v) is 16.5. The fraction of sp³-hybridized carbons (Fsp3) is 0.833. The zero-order valence-corrected chi connectivity index (χ0v) is 27.0. The summed E-state index contributed by atoms with van der Waals surface area (Å²) in [5, 5.41) is 2.49. The number of esters is 1. The lowest BCUT2D eigenvalue weighted by atomic mass is 10.4. The van der Waals surface area contributed by atoms with Gasteiger partial charge in [-0.3, -0.25) is 0 Å². The van der Waals surface area contributed by atoms with Crippen LogP contribution in [0.3, 0.4) is 0 Å². The first-order valence-electron chi connectivity index (χ1n) is 13.0. The summed E-state index contributed by atoms with van der Waals surface area (Å²) < 4.78 is 34.2. The Labute approximate surface area is 222 Å². The predicted octanol–water partition coefficient (Wildman–Crippen LogP) is 5.20. The number of hydrogen-bond donors (Lipinski definition) is 1. The minimum absolute atomic E-state index is 0.0622. The lowest BCUT2D eigenvalue weighted by molar-refractivity contribution is -0.138. The molecule has 0 heterocycles. The van der Waals surface area contributed by atoms with Crippen molar-refractivity contribution in [2.24, 2.45) is 0 Å². The smallest absolute Gasteiger partial charge is 0.407 e. The highest BCUT2D eigenvalue weighted by Crippen LogP contribution is 2.26. The molecule has 0 atom stereocenters. The van der Waals surface area contributed by atoms with Crippen molar-refractivity contribution < 1.29 is 36.8 Å². The van der Waals surface area contributed by atoms with Crippen molar-refractivity contribution in [2.45, 2.75) is 84.5 Å².